The highest BCUT2D eigenvalue weighted by atomic mass is 15.3. The van der Waals surface area contributed by atoms with Gasteiger partial charge in [-0.15, -0.1) is 0 Å². The summed E-state index contributed by atoms with van der Waals surface area (Å²) in [5.74, 6) is 0.767. The SMILES string of the molecule is CC1CCCC1(CN)N1CCN(C(C)(C)C)CC1. The molecule has 0 spiro atoms. The maximum Gasteiger partial charge on any atom is 0.0358 e. The topological polar surface area (TPSA) is 32.5 Å². The first kappa shape index (κ1) is 14.3. The van der Waals surface area contributed by atoms with Crippen LogP contribution in [0.15, 0.2) is 0 Å². The standard InChI is InChI=1S/C15H31N3/c1-13-6-5-7-15(13,12-16)18-10-8-17(9-11-18)14(2,3)4/h13H,5-12,16H2,1-4H3. The van der Waals surface area contributed by atoms with E-state index in [9.17, 15) is 0 Å². The van der Waals surface area contributed by atoms with Gasteiger partial charge in [0.15, 0.2) is 0 Å². The minimum absolute atomic E-state index is 0.309. The fraction of sp³-hybridized carbons (Fsp3) is 1.00. The first-order valence-electron chi connectivity index (χ1n) is 7.60. The Morgan fingerprint density at radius 2 is 1.78 bits per heavy atom. The summed E-state index contributed by atoms with van der Waals surface area (Å²) < 4.78 is 0. The predicted octanol–water partition coefficient (Wildman–Crippen LogP) is 1.92. The molecule has 1 saturated heterocycles. The molecule has 106 valence electrons. The fourth-order valence-electron chi connectivity index (χ4n) is 3.95. The Hall–Kier alpha value is -0.120. The van der Waals surface area contributed by atoms with Crippen LogP contribution in [0, 0.1) is 5.92 Å². The van der Waals surface area contributed by atoms with Gasteiger partial charge in [0.1, 0.15) is 0 Å². The van der Waals surface area contributed by atoms with Crippen molar-refractivity contribution in [3.8, 4) is 0 Å². The molecule has 18 heavy (non-hydrogen) atoms. The molecular formula is C15H31N3. The highest BCUT2D eigenvalue weighted by Gasteiger charge is 2.45. The Morgan fingerprint density at radius 1 is 1.17 bits per heavy atom. The van der Waals surface area contributed by atoms with Gasteiger partial charge in [-0.1, -0.05) is 13.3 Å². The van der Waals surface area contributed by atoms with Crippen LogP contribution in [0.4, 0.5) is 0 Å². The Kier molecular flexibility index (Phi) is 4.05. The number of nitrogens with zero attached hydrogens (tertiary/aromatic N) is 2. The molecule has 0 radical (unpaired) electrons. The van der Waals surface area contributed by atoms with Gasteiger partial charge in [-0.05, 0) is 39.5 Å². The third kappa shape index (κ3) is 2.45. The normalized spacial score (nSPS) is 36.2. The van der Waals surface area contributed by atoms with Crippen LogP contribution in [-0.4, -0.2) is 53.6 Å². The van der Waals surface area contributed by atoms with E-state index in [1.165, 1.54) is 45.4 Å². The average Bonchev–Trinajstić information content (AvgIpc) is 2.71. The Morgan fingerprint density at radius 3 is 2.17 bits per heavy atom. The number of piperazine rings is 1. The van der Waals surface area contributed by atoms with Crippen LogP contribution in [0.25, 0.3) is 0 Å². The highest BCUT2D eigenvalue weighted by molar-refractivity contribution is 5.02. The summed E-state index contributed by atoms with van der Waals surface area (Å²) in [5.41, 5.74) is 6.77. The summed E-state index contributed by atoms with van der Waals surface area (Å²) in [5, 5.41) is 0. The molecule has 2 rings (SSSR count). The number of hydrogen-bond donors (Lipinski definition) is 1. The fourth-order valence-corrected chi connectivity index (χ4v) is 3.95. The minimum atomic E-state index is 0.309. The number of rotatable bonds is 2. The molecule has 1 aliphatic carbocycles. The van der Waals surface area contributed by atoms with Crippen LogP contribution >= 0.6 is 0 Å². The molecule has 2 unspecified atom stereocenters. The first-order chi connectivity index (χ1) is 8.40. The molecule has 0 bridgehead atoms. The average molecular weight is 253 g/mol. The molecule has 1 saturated carbocycles. The Labute approximate surface area is 113 Å². The van der Waals surface area contributed by atoms with Crippen molar-refractivity contribution in [1.82, 2.24) is 9.80 Å². The van der Waals surface area contributed by atoms with E-state index in [0.29, 0.717) is 11.1 Å². The van der Waals surface area contributed by atoms with E-state index in [1.54, 1.807) is 0 Å². The third-order valence-corrected chi connectivity index (χ3v) is 5.38. The summed E-state index contributed by atoms with van der Waals surface area (Å²) in [7, 11) is 0. The van der Waals surface area contributed by atoms with Gasteiger partial charge >= 0.3 is 0 Å². The van der Waals surface area contributed by atoms with Gasteiger partial charge < -0.3 is 5.73 Å². The molecule has 2 aliphatic rings. The lowest BCUT2D eigenvalue weighted by Crippen LogP contribution is -2.63. The van der Waals surface area contributed by atoms with Crippen LogP contribution in [0.5, 0.6) is 0 Å². The summed E-state index contributed by atoms with van der Waals surface area (Å²) in [4.78, 5) is 5.31. The summed E-state index contributed by atoms with van der Waals surface area (Å²) in [6, 6.07) is 0. The molecule has 0 aromatic carbocycles. The van der Waals surface area contributed by atoms with Crippen molar-refractivity contribution in [2.24, 2.45) is 11.7 Å². The lowest BCUT2D eigenvalue weighted by molar-refractivity contribution is -0.00975. The second kappa shape index (κ2) is 5.10. The Balaban J connectivity index is 2.00. The van der Waals surface area contributed by atoms with Crippen molar-refractivity contribution in [2.75, 3.05) is 32.7 Å². The smallest absolute Gasteiger partial charge is 0.0358 e. The zero-order chi connectivity index (χ0) is 13.4. The first-order valence-corrected chi connectivity index (χ1v) is 7.60. The second-order valence-electron chi connectivity index (χ2n) is 7.25. The van der Waals surface area contributed by atoms with Crippen LogP contribution in [0.1, 0.15) is 47.0 Å². The Bertz CT molecular complexity index is 276. The van der Waals surface area contributed by atoms with Crippen LogP contribution in [0.3, 0.4) is 0 Å². The quantitative estimate of drug-likeness (QED) is 0.816. The number of nitrogens with two attached hydrogens (primary N) is 1. The van der Waals surface area contributed by atoms with Gasteiger partial charge in [0.05, 0.1) is 0 Å². The van der Waals surface area contributed by atoms with Gasteiger partial charge in [0, 0.05) is 43.8 Å². The van der Waals surface area contributed by atoms with E-state index in [0.717, 1.165) is 12.5 Å². The second-order valence-corrected chi connectivity index (χ2v) is 7.25. The van der Waals surface area contributed by atoms with E-state index in [-0.39, 0.29) is 0 Å². The van der Waals surface area contributed by atoms with Crippen molar-refractivity contribution in [2.45, 2.75) is 58.0 Å². The van der Waals surface area contributed by atoms with Gasteiger partial charge in [-0.3, -0.25) is 9.80 Å². The van der Waals surface area contributed by atoms with E-state index in [2.05, 4.69) is 37.5 Å². The molecule has 0 amide bonds. The van der Waals surface area contributed by atoms with Gasteiger partial charge in [-0.25, -0.2) is 0 Å². The molecule has 3 nitrogen and oxygen atoms in total. The molecule has 2 atom stereocenters. The third-order valence-electron chi connectivity index (χ3n) is 5.38. The monoisotopic (exact) mass is 253 g/mol. The summed E-state index contributed by atoms with van der Waals surface area (Å²) >= 11 is 0. The zero-order valence-corrected chi connectivity index (χ0v) is 12.7. The molecule has 1 aliphatic heterocycles. The largest absolute Gasteiger partial charge is 0.329 e. The molecule has 2 N–H and O–H groups in total. The lowest BCUT2D eigenvalue weighted by Gasteiger charge is -2.50. The van der Waals surface area contributed by atoms with Crippen molar-refractivity contribution < 1.29 is 0 Å². The highest BCUT2D eigenvalue weighted by Crippen LogP contribution is 2.40. The minimum Gasteiger partial charge on any atom is -0.329 e. The molecule has 0 aromatic heterocycles. The molecule has 2 fully saturated rings. The summed E-state index contributed by atoms with van der Waals surface area (Å²) in [6.45, 7) is 15.0. The van der Waals surface area contributed by atoms with E-state index in [4.69, 9.17) is 5.73 Å². The van der Waals surface area contributed by atoms with Crippen LogP contribution < -0.4 is 5.73 Å². The maximum absolute atomic E-state index is 6.16. The molecule has 3 heteroatoms. The molecule has 1 heterocycles. The van der Waals surface area contributed by atoms with Crippen molar-refractivity contribution in [1.29, 1.82) is 0 Å². The van der Waals surface area contributed by atoms with Crippen molar-refractivity contribution in [3.05, 3.63) is 0 Å². The van der Waals surface area contributed by atoms with E-state index >= 15 is 0 Å². The molecular weight excluding hydrogens is 222 g/mol. The predicted molar refractivity (Wildman–Crippen MR) is 77.7 cm³/mol. The lowest BCUT2D eigenvalue weighted by atomic mass is 9.85. The van der Waals surface area contributed by atoms with E-state index in [1.807, 2.05) is 0 Å². The summed E-state index contributed by atoms with van der Waals surface area (Å²) in [6.07, 6.45) is 4.02. The molecule has 0 aromatic rings. The van der Waals surface area contributed by atoms with E-state index < -0.39 is 0 Å². The van der Waals surface area contributed by atoms with Crippen LogP contribution in [-0.2, 0) is 0 Å². The van der Waals surface area contributed by atoms with Crippen molar-refractivity contribution in [3.63, 3.8) is 0 Å². The van der Waals surface area contributed by atoms with Gasteiger partial charge in [0.25, 0.3) is 0 Å². The maximum atomic E-state index is 6.16. The van der Waals surface area contributed by atoms with Gasteiger partial charge in [-0.2, -0.15) is 0 Å². The van der Waals surface area contributed by atoms with Crippen molar-refractivity contribution >= 4 is 0 Å². The van der Waals surface area contributed by atoms with Crippen LogP contribution in [0.2, 0.25) is 0 Å². The zero-order valence-electron chi connectivity index (χ0n) is 12.7. The number of hydrogen-bond acceptors (Lipinski definition) is 3. The van der Waals surface area contributed by atoms with Gasteiger partial charge in [0.2, 0.25) is 0 Å².